The molecule has 374 valence electrons. The Hall–Kier alpha value is -10.1. The van der Waals surface area contributed by atoms with Crippen LogP contribution in [0.2, 0.25) is 0 Å². The van der Waals surface area contributed by atoms with E-state index in [1.165, 1.54) is 63.3 Å². The lowest BCUT2D eigenvalue weighted by atomic mass is 9.88. The molecular weight excluding hydrogens is 1040 g/mol. The molecule has 0 unspecified atom stereocenters. The number of nitrogens with zero attached hydrogens (tertiary/aromatic N) is 4. The van der Waals surface area contributed by atoms with E-state index in [4.69, 9.17) is 4.85 Å². The lowest BCUT2D eigenvalue weighted by molar-refractivity contribution is 1.14. The molecule has 0 aliphatic heterocycles. The normalized spacial score (nSPS) is 11.9. The molecule has 12 aromatic carbocycles. The van der Waals surface area contributed by atoms with Gasteiger partial charge in [-0.25, -0.2) is 4.85 Å². The molecule has 0 fully saturated rings. The Balaban J connectivity index is 1.11. The van der Waals surface area contributed by atoms with E-state index >= 15 is 0 Å². The first-order valence-electron chi connectivity index (χ1n) is 27.0. The molecule has 0 spiro atoms. The van der Waals surface area contributed by atoms with Gasteiger partial charge in [0.25, 0.3) is 0 Å². The summed E-state index contributed by atoms with van der Waals surface area (Å²) in [4.78, 5) is 4.73. The number of benzene rings is 12. The zero-order chi connectivity index (χ0) is 53.4. The minimum absolute atomic E-state index is 0.421. The summed E-state index contributed by atoms with van der Waals surface area (Å²) < 4.78 is 11.9. The Morgan fingerprint density at radius 1 is 0.333 bits per heavy atom. The van der Waals surface area contributed by atoms with E-state index in [1.807, 2.05) is 29.5 Å². The molecule has 0 bridgehead atoms. The quantitative estimate of drug-likeness (QED) is 0.153. The average Bonchev–Trinajstić information content (AvgIpc) is 2.92. The molecule has 0 radical (unpaired) electrons. The van der Waals surface area contributed by atoms with Crippen LogP contribution < -0.4 is 0 Å². The lowest BCUT2D eigenvalue weighted by Gasteiger charge is -2.26. The monoisotopic (exact) mass is 1080 g/mol. The molecule has 0 atom stereocenters. The second kappa shape index (κ2) is 17.7. The second-order valence-corrected chi connectivity index (χ2v) is 23.8. The van der Waals surface area contributed by atoms with Gasteiger partial charge in [0.05, 0.1) is 59.7 Å². The molecule has 17 aromatic rings. The summed E-state index contributed by atoms with van der Waals surface area (Å²) in [7, 11) is 0. The van der Waals surface area contributed by atoms with Crippen molar-refractivity contribution in [3.05, 3.63) is 260 Å². The van der Waals surface area contributed by atoms with Crippen molar-refractivity contribution >= 4 is 144 Å². The Labute approximate surface area is 476 Å². The maximum absolute atomic E-state index is 12.3. The van der Waals surface area contributed by atoms with Gasteiger partial charge >= 0.3 is 0 Å². The van der Waals surface area contributed by atoms with Crippen molar-refractivity contribution in [3.63, 3.8) is 0 Å². The van der Waals surface area contributed by atoms with Gasteiger partial charge < -0.3 is 9.13 Å². The first-order chi connectivity index (χ1) is 40.2. The van der Waals surface area contributed by atoms with Crippen molar-refractivity contribution in [1.82, 2.24) is 9.13 Å². The fraction of sp³-hybridized carbons (Fsp3) is 0. The van der Waals surface area contributed by atoms with Crippen LogP contribution in [0.25, 0.3) is 165 Å². The second-order valence-electron chi connectivity index (χ2n) is 20.7. The van der Waals surface area contributed by atoms with E-state index in [9.17, 15) is 11.8 Å². The first-order valence-corrected chi connectivity index (χ1v) is 29.5. The number of hydrogen-bond donors (Lipinski definition) is 0. The van der Waals surface area contributed by atoms with Crippen LogP contribution in [0.1, 0.15) is 5.56 Å². The third-order valence-corrected chi connectivity index (χ3v) is 20.2. The van der Waals surface area contributed by atoms with Crippen LogP contribution in [0.15, 0.2) is 243 Å². The minimum Gasteiger partial charge on any atom is -0.316 e. The molecule has 17 rings (SSSR count). The number of aromatic nitrogens is 2. The van der Waals surface area contributed by atoms with Crippen molar-refractivity contribution in [2.75, 3.05) is 0 Å². The Bertz CT molecular complexity index is 5480. The average molecular weight is 1080 g/mol. The zero-order valence-corrected chi connectivity index (χ0v) is 45.6. The molecule has 0 saturated heterocycles. The number of para-hydroxylation sites is 1. The van der Waals surface area contributed by atoms with Crippen molar-refractivity contribution < 1.29 is 0 Å². The molecule has 0 N–H and O–H groups in total. The van der Waals surface area contributed by atoms with Gasteiger partial charge in [-0.3, -0.25) is 0 Å². The molecule has 4 nitrogen and oxygen atoms in total. The number of rotatable bonds is 6. The molecule has 7 heteroatoms. The molecule has 5 heterocycles. The predicted octanol–water partition coefficient (Wildman–Crippen LogP) is 22.1. The van der Waals surface area contributed by atoms with E-state index in [1.54, 1.807) is 22.7 Å². The molecule has 0 aliphatic carbocycles. The number of fused-ring (bicyclic) bond motifs is 18. The van der Waals surface area contributed by atoms with Crippen LogP contribution in [-0.2, 0) is 0 Å². The summed E-state index contributed by atoms with van der Waals surface area (Å²) in [5.41, 5.74) is 14.2. The summed E-state index contributed by atoms with van der Waals surface area (Å²) in [6.07, 6.45) is 0. The van der Waals surface area contributed by atoms with E-state index in [0.717, 1.165) is 91.2 Å². The molecule has 0 amide bonds. The van der Waals surface area contributed by atoms with Crippen LogP contribution in [0.3, 0.4) is 0 Å². The standard InChI is InChI=1S/C74H40N4S3/c1-76-65-63(44-22-7-3-8-23-44)59(42-75)66(77-60-33-16-13-28-48(60)51-36-41-58-55-32-19-31-54(71(55)81-74(58)67(51)77)47-27-12-11-26-46(47)43-20-5-2-6-21-43)64(45-24-9-4-10-25-45)70(65)78-68-52(37-39-56-49-29-14-17-34-61(49)79-72(56)68)53-38-40-57-50-30-15-18-35-62(50)80-73(57)69(53)78/h2-41H. The maximum atomic E-state index is 12.3. The van der Waals surface area contributed by atoms with Gasteiger partial charge in [-0.2, -0.15) is 5.26 Å². The molecule has 81 heavy (non-hydrogen) atoms. The predicted molar refractivity (Wildman–Crippen MR) is 347 cm³/mol. The van der Waals surface area contributed by atoms with Gasteiger partial charge in [-0.1, -0.05) is 224 Å². The summed E-state index contributed by atoms with van der Waals surface area (Å²) in [6.45, 7) is 9.67. The van der Waals surface area contributed by atoms with Crippen LogP contribution in [0, 0.1) is 17.9 Å². The highest BCUT2D eigenvalue weighted by atomic mass is 32.1. The fourth-order valence-corrected chi connectivity index (χ4v) is 17.1. The number of hydrogen-bond acceptors (Lipinski definition) is 4. The van der Waals surface area contributed by atoms with Crippen LogP contribution in [0.5, 0.6) is 0 Å². The highest BCUT2D eigenvalue weighted by Gasteiger charge is 2.34. The maximum Gasteiger partial charge on any atom is 0.220 e. The van der Waals surface area contributed by atoms with Gasteiger partial charge in [-0.05, 0) is 46.0 Å². The molecule has 5 aromatic heterocycles. The largest absolute Gasteiger partial charge is 0.316 e. The Kier molecular flexibility index (Phi) is 10.0. The summed E-state index contributed by atoms with van der Waals surface area (Å²) in [5, 5.41) is 23.8. The molecule has 0 saturated carbocycles. The van der Waals surface area contributed by atoms with Gasteiger partial charge in [0.2, 0.25) is 5.69 Å². The van der Waals surface area contributed by atoms with Crippen molar-refractivity contribution in [2.24, 2.45) is 0 Å². The summed E-state index contributed by atoms with van der Waals surface area (Å²) in [5.74, 6) is 0. The van der Waals surface area contributed by atoms with Gasteiger partial charge in [0.15, 0.2) is 0 Å². The zero-order valence-electron chi connectivity index (χ0n) is 43.1. The summed E-state index contributed by atoms with van der Waals surface area (Å²) >= 11 is 5.43. The Morgan fingerprint density at radius 2 is 0.765 bits per heavy atom. The minimum atomic E-state index is 0.421. The van der Waals surface area contributed by atoms with Gasteiger partial charge in [0, 0.05) is 84.7 Å². The van der Waals surface area contributed by atoms with Crippen molar-refractivity contribution in [1.29, 1.82) is 5.26 Å². The van der Waals surface area contributed by atoms with Crippen LogP contribution in [0.4, 0.5) is 5.69 Å². The van der Waals surface area contributed by atoms with Crippen molar-refractivity contribution in [3.8, 4) is 62.0 Å². The Morgan fingerprint density at radius 3 is 1.37 bits per heavy atom. The van der Waals surface area contributed by atoms with Crippen LogP contribution >= 0.6 is 34.0 Å². The third-order valence-electron chi connectivity index (χ3n) is 16.6. The van der Waals surface area contributed by atoms with E-state index in [0.29, 0.717) is 16.8 Å². The van der Waals surface area contributed by atoms with Crippen LogP contribution in [-0.4, -0.2) is 9.13 Å². The number of nitriles is 1. The number of thiophene rings is 3. The highest BCUT2D eigenvalue weighted by molar-refractivity contribution is 7.28. The topological polar surface area (TPSA) is 38.0 Å². The molecular formula is C74H40N4S3. The van der Waals surface area contributed by atoms with E-state index in [2.05, 4.69) is 240 Å². The van der Waals surface area contributed by atoms with Gasteiger partial charge in [-0.15, -0.1) is 34.0 Å². The fourth-order valence-electron chi connectivity index (χ4n) is 13.2. The smallest absolute Gasteiger partial charge is 0.220 e. The highest BCUT2D eigenvalue weighted by Crippen LogP contribution is 2.56. The van der Waals surface area contributed by atoms with E-state index in [-0.39, 0.29) is 0 Å². The third kappa shape index (κ3) is 6.48. The van der Waals surface area contributed by atoms with Crippen molar-refractivity contribution in [2.45, 2.75) is 0 Å². The van der Waals surface area contributed by atoms with E-state index < -0.39 is 0 Å². The molecule has 0 aliphatic rings. The summed E-state index contributed by atoms with van der Waals surface area (Å²) in [6, 6.07) is 89.6. The first kappa shape index (κ1) is 45.9. The SMILES string of the molecule is [C-]#[N+]c1c(-c2ccccc2)c(C#N)c(-n2c3ccccc3c3ccc4c5cccc(-c6ccccc6-c6ccccc6)c5sc4c32)c(-c2ccccc2)c1-n1c2c(ccc3c4ccccc4sc32)c2ccc3c4ccccc4sc3c21. The van der Waals surface area contributed by atoms with Gasteiger partial charge in [0.1, 0.15) is 6.07 Å². The lowest BCUT2D eigenvalue weighted by Crippen LogP contribution is -2.09.